The molecular formula is C12H17N. The third-order valence-electron chi connectivity index (χ3n) is 2.97. The van der Waals surface area contributed by atoms with Crippen molar-refractivity contribution in [3.05, 3.63) is 29.8 Å². The van der Waals surface area contributed by atoms with Crippen LogP contribution in [0.1, 0.15) is 32.3 Å². The molecule has 1 N–H and O–H groups in total. The van der Waals surface area contributed by atoms with Gasteiger partial charge in [-0.3, -0.25) is 0 Å². The van der Waals surface area contributed by atoms with E-state index in [0.29, 0.717) is 5.41 Å². The van der Waals surface area contributed by atoms with E-state index in [-0.39, 0.29) is 0 Å². The van der Waals surface area contributed by atoms with E-state index >= 15 is 0 Å². The van der Waals surface area contributed by atoms with E-state index in [2.05, 4.69) is 29.6 Å². The van der Waals surface area contributed by atoms with Crippen molar-refractivity contribution in [2.45, 2.75) is 32.1 Å². The van der Waals surface area contributed by atoms with Crippen LogP contribution in [0.3, 0.4) is 0 Å². The third kappa shape index (κ3) is 1.23. The molecule has 1 spiro atoms. The molecule has 1 saturated carbocycles. The van der Waals surface area contributed by atoms with Gasteiger partial charge in [-0.1, -0.05) is 32.0 Å². The van der Waals surface area contributed by atoms with Crippen molar-refractivity contribution in [3.63, 3.8) is 0 Å². The Labute approximate surface area is 80.2 Å². The first-order chi connectivity index (χ1) is 6.41. The highest BCUT2D eigenvalue weighted by atomic mass is 15.0. The summed E-state index contributed by atoms with van der Waals surface area (Å²) in [4.78, 5) is 0. The highest BCUT2D eigenvalue weighted by Gasteiger charge is 2.48. The van der Waals surface area contributed by atoms with Crippen molar-refractivity contribution >= 4 is 5.69 Å². The van der Waals surface area contributed by atoms with E-state index in [1.807, 2.05) is 13.8 Å². The maximum atomic E-state index is 3.45. The van der Waals surface area contributed by atoms with Crippen LogP contribution in [0.15, 0.2) is 24.3 Å². The molecule has 1 aromatic carbocycles. The Morgan fingerprint density at radius 2 is 1.85 bits per heavy atom. The summed E-state index contributed by atoms with van der Waals surface area (Å²) in [6, 6.07) is 8.70. The van der Waals surface area contributed by atoms with Crippen LogP contribution in [0, 0.1) is 0 Å². The van der Waals surface area contributed by atoms with Crippen molar-refractivity contribution in [3.8, 4) is 0 Å². The Hall–Kier alpha value is -0.980. The van der Waals surface area contributed by atoms with Gasteiger partial charge in [-0.2, -0.15) is 0 Å². The minimum Gasteiger partial charge on any atom is -0.384 e. The molecule has 1 fully saturated rings. The molecule has 2 aliphatic rings. The maximum Gasteiger partial charge on any atom is 0.0379 e. The molecule has 13 heavy (non-hydrogen) atoms. The number of fused-ring (bicyclic) bond motifs is 2. The number of hydrogen-bond acceptors (Lipinski definition) is 1. The monoisotopic (exact) mass is 175 g/mol. The molecular weight excluding hydrogens is 158 g/mol. The summed E-state index contributed by atoms with van der Waals surface area (Å²) in [5, 5.41) is 3.45. The average Bonchev–Trinajstić information content (AvgIpc) is 2.90. The molecule has 1 aliphatic heterocycles. The number of anilines is 1. The molecule has 0 atom stereocenters. The third-order valence-corrected chi connectivity index (χ3v) is 2.97. The number of rotatable bonds is 0. The first-order valence-electron chi connectivity index (χ1n) is 5.24. The lowest BCUT2D eigenvalue weighted by atomic mass is 9.99. The molecule has 1 aliphatic carbocycles. The predicted molar refractivity (Wildman–Crippen MR) is 57.2 cm³/mol. The molecule has 0 bridgehead atoms. The molecule has 0 aromatic heterocycles. The average molecular weight is 175 g/mol. The van der Waals surface area contributed by atoms with Gasteiger partial charge in [0.1, 0.15) is 0 Å². The van der Waals surface area contributed by atoms with E-state index in [9.17, 15) is 0 Å². The summed E-state index contributed by atoms with van der Waals surface area (Å²) < 4.78 is 0. The Morgan fingerprint density at radius 3 is 2.54 bits per heavy atom. The van der Waals surface area contributed by atoms with Crippen LogP contribution in [0.4, 0.5) is 5.69 Å². The number of nitrogens with one attached hydrogen (secondary N) is 1. The highest BCUT2D eigenvalue weighted by Crippen LogP contribution is 2.53. The zero-order chi connectivity index (χ0) is 9.31. The fraction of sp³-hybridized carbons (Fsp3) is 0.500. The van der Waals surface area contributed by atoms with Crippen molar-refractivity contribution in [1.82, 2.24) is 0 Å². The van der Waals surface area contributed by atoms with Crippen LogP contribution in [-0.2, 0) is 5.41 Å². The summed E-state index contributed by atoms with van der Waals surface area (Å²) in [5.41, 5.74) is 3.49. The summed E-state index contributed by atoms with van der Waals surface area (Å²) in [6.07, 6.45) is 2.77. The zero-order valence-corrected chi connectivity index (χ0v) is 8.43. The summed E-state index contributed by atoms with van der Waals surface area (Å²) in [5.74, 6) is 0. The van der Waals surface area contributed by atoms with E-state index < -0.39 is 0 Å². The second-order valence-corrected chi connectivity index (χ2v) is 3.68. The van der Waals surface area contributed by atoms with Crippen LogP contribution >= 0.6 is 0 Å². The summed E-state index contributed by atoms with van der Waals surface area (Å²) >= 11 is 0. The predicted octanol–water partition coefficient (Wildman–Crippen LogP) is 3.17. The molecule has 0 amide bonds. The molecule has 0 saturated heterocycles. The highest BCUT2D eigenvalue weighted by molar-refractivity contribution is 5.62. The van der Waals surface area contributed by atoms with Gasteiger partial charge >= 0.3 is 0 Å². The molecule has 1 heteroatoms. The van der Waals surface area contributed by atoms with E-state index in [0.717, 1.165) is 0 Å². The molecule has 1 aromatic rings. The van der Waals surface area contributed by atoms with Gasteiger partial charge in [-0.25, -0.2) is 0 Å². The number of para-hydroxylation sites is 1. The minimum absolute atomic E-state index is 0.566. The number of benzene rings is 1. The summed E-state index contributed by atoms with van der Waals surface area (Å²) in [6.45, 7) is 5.17. The van der Waals surface area contributed by atoms with Crippen molar-refractivity contribution in [1.29, 1.82) is 0 Å². The SMILES string of the molecule is CC.c1ccc2c(c1)NCC21CC1. The lowest BCUT2D eigenvalue weighted by Crippen LogP contribution is -2.07. The Bertz CT molecular complexity index is 300. The largest absolute Gasteiger partial charge is 0.384 e. The molecule has 1 heterocycles. The second-order valence-electron chi connectivity index (χ2n) is 3.68. The van der Waals surface area contributed by atoms with Crippen LogP contribution in [-0.4, -0.2) is 6.54 Å². The standard InChI is InChI=1S/C10H11N.C2H6/c1-2-4-9-8(3-1)10(5-6-10)7-11-9;1-2/h1-4,11H,5-7H2;1-2H3. The van der Waals surface area contributed by atoms with E-state index in [1.54, 1.807) is 5.56 Å². The van der Waals surface area contributed by atoms with Gasteiger partial charge in [0.15, 0.2) is 0 Å². The van der Waals surface area contributed by atoms with E-state index in [4.69, 9.17) is 0 Å². The van der Waals surface area contributed by atoms with Gasteiger partial charge in [-0.15, -0.1) is 0 Å². The normalized spacial score (nSPS) is 19.8. The molecule has 0 radical (unpaired) electrons. The minimum atomic E-state index is 0.566. The van der Waals surface area contributed by atoms with Crippen molar-refractivity contribution < 1.29 is 0 Å². The zero-order valence-electron chi connectivity index (χ0n) is 8.43. The van der Waals surface area contributed by atoms with Gasteiger partial charge in [0, 0.05) is 17.6 Å². The smallest absolute Gasteiger partial charge is 0.0379 e. The lowest BCUT2D eigenvalue weighted by Gasteiger charge is -2.03. The Kier molecular flexibility index (Phi) is 2.03. The number of hydrogen-bond donors (Lipinski definition) is 1. The van der Waals surface area contributed by atoms with Crippen LogP contribution in [0.5, 0.6) is 0 Å². The van der Waals surface area contributed by atoms with Crippen LogP contribution in [0.25, 0.3) is 0 Å². The quantitative estimate of drug-likeness (QED) is 0.638. The van der Waals surface area contributed by atoms with Crippen molar-refractivity contribution in [2.75, 3.05) is 11.9 Å². The second kappa shape index (κ2) is 3.06. The van der Waals surface area contributed by atoms with Crippen LogP contribution < -0.4 is 5.32 Å². The first-order valence-corrected chi connectivity index (χ1v) is 5.24. The lowest BCUT2D eigenvalue weighted by molar-refractivity contribution is 0.778. The van der Waals surface area contributed by atoms with Gasteiger partial charge in [0.05, 0.1) is 0 Å². The van der Waals surface area contributed by atoms with Gasteiger partial charge in [0.25, 0.3) is 0 Å². The van der Waals surface area contributed by atoms with Gasteiger partial charge < -0.3 is 5.32 Å². The van der Waals surface area contributed by atoms with Gasteiger partial charge in [0.2, 0.25) is 0 Å². The van der Waals surface area contributed by atoms with Gasteiger partial charge in [-0.05, 0) is 24.5 Å². The summed E-state index contributed by atoms with van der Waals surface area (Å²) in [7, 11) is 0. The molecule has 70 valence electrons. The maximum absolute atomic E-state index is 3.45. The van der Waals surface area contributed by atoms with E-state index in [1.165, 1.54) is 25.1 Å². The molecule has 3 rings (SSSR count). The molecule has 1 nitrogen and oxygen atoms in total. The molecule has 0 unspecified atom stereocenters. The van der Waals surface area contributed by atoms with Crippen molar-refractivity contribution in [2.24, 2.45) is 0 Å². The topological polar surface area (TPSA) is 12.0 Å². The fourth-order valence-corrected chi connectivity index (χ4v) is 2.06. The Balaban J connectivity index is 0.000000308. The Morgan fingerprint density at radius 1 is 1.15 bits per heavy atom. The van der Waals surface area contributed by atoms with Crippen LogP contribution in [0.2, 0.25) is 0 Å². The first kappa shape index (κ1) is 8.61. The fourth-order valence-electron chi connectivity index (χ4n) is 2.06.